The number of aryl methyl sites for hydroxylation is 1. The van der Waals surface area contributed by atoms with E-state index < -0.39 is 0 Å². The third kappa shape index (κ3) is 3.33. The quantitative estimate of drug-likeness (QED) is 0.601. The number of benzene rings is 3. The molecule has 0 radical (unpaired) electrons. The largest absolute Gasteiger partial charge is 0.453 e. The molecule has 0 spiro atoms. The third-order valence-electron chi connectivity index (χ3n) is 4.15. The molecule has 122 valence electrons. The second kappa shape index (κ2) is 6.70. The monoisotopic (exact) mass is 325 g/mol. The molecule has 25 heavy (non-hydrogen) atoms. The first-order valence-corrected chi connectivity index (χ1v) is 8.37. The second-order valence-corrected chi connectivity index (χ2v) is 6.07. The zero-order valence-corrected chi connectivity index (χ0v) is 14.1. The van der Waals surface area contributed by atoms with Crippen molar-refractivity contribution in [1.29, 1.82) is 0 Å². The Morgan fingerprint density at radius 3 is 1.72 bits per heavy atom. The van der Waals surface area contributed by atoms with E-state index in [-0.39, 0.29) is 0 Å². The molecule has 0 unspecified atom stereocenters. The lowest BCUT2D eigenvalue weighted by molar-refractivity contribution is 0.462. The Morgan fingerprint density at radius 2 is 1.20 bits per heavy atom. The van der Waals surface area contributed by atoms with Gasteiger partial charge in [0.1, 0.15) is 0 Å². The highest BCUT2D eigenvalue weighted by Crippen LogP contribution is 2.32. The first-order valence-electron chi connectivity index (χ1n) is 8.37. The van der Waals surface area contributed by atoms with Gasteiger partial charge in [0.05, 0.1) is 12.4 Å². The minimum Gasteiger partial charge on any atom is -0.453 e. The van der Waals surface area contributed by atoms with E-state index in [1.807, 2.05) is 48.8 Å². The van der Waals surface area contributed by atoms with Crippen LogP contribution in [0.5, 0.6) is 0 Å². The van der Waals surface area contributed by atoms with Gasteiger partial charge in [-0.2, -0.15) is 0 Å². The van der Waals surface area contributed by atoms with Crippen LogP contribution in [0.1, 0.15) is 16.7 Å². The summed E-state index contributed by atoms with van der Waals surface area (Å²) < 4.78 is 6.22. The predicted octanol–water partition coefficient (Wildman–Crippen LogP) is 5.83. The van der Waals surface area contributed by atoms with E-state index in [0.29, 0.717) is 0 Å². The molecule has 4 rings (SSSR count). The van der Waals surface area contributed by atoms with Crippen LogP contribution < -0.4 is 4.90 Å². The lowest BCUT2D eigenvalue weighted by atomic mass is 10.1. The second-order valence-electron chi connectivity index (χ2n) is 6.07. The van der Waals surface area contributed by atoms with Crippen molar-refractivity contribution in [2.24, 2.45) is 0 Å². The highest BCUT2D eigenvalue weighted by Gasteiger charge is 2.17. The van der Waals surface area contributed by atoms with Crippen LogP contribution in [0, 0.1) is 6.92 Å². The number of anilines is 1. The van der Waals surface area contributed by atoms with Gasteiger partial charge < -0.3 is 9.64 Å². The molecule has 0 aromatic heterocycles. The molecule has 3 aromatic rings. The van der Waals surface area contributed by atoms with E-state index >= 15 is 0 Å². The van der Waals surface area contributed by atoms with Gasteiger partial charge in [-0.05, 0) is 24.6 Å². The summed E-state index contributed by atoms with van der Waals surface area (Å²) in [6.07, 6.45) is 4.08. The number of nitrogens with zero attached hydrogens (tertiary/aromatic N) is 1. The van der Waals surface area contributed by atoms with E-state index in [1.165, 1.54) is 5.56 Å². The van der Waals surface area contributed by atoms with E-state index in [9.17, 15) is 0 Å². The number of rotatable bonds is 3. The standard InChI is InChI=1S/C23H19NO/c1-18-9-8-14-21(15-18)24-16-22(19-10-4-2-5-11-19)25-23(17-24)20-12-6-3-7-13-20/h2-17H,1H3. The van der Waals surface area contributed by atoms with Gasteiger partial charge in [-0.3, -0.25) is 0 Å². The molecular weight excluding hydrogens is 306 g/mol. The highest BCUT2D eigenvalue weighted by atomic mass is 16.5. The summed E-state index contributed by atoms with van der Waals surface area (Å²) in [5.41, 5.74) is 4.46. The molecular formula is C23H19NO. The molecule has 0 bridgehead atoms. The molecule has 0 aliphatic carbocycles. The Bertz CT molecular complexity index is 871. The van der Waals surface area contributed by atoms with E-state index in [1.54, 1.807) is 0 Å². The molecule has 1 aliphatic heterocycles. The first kappa shape index (κ1) is 15.3. The van der Waals surface area contributed by atoms with Gasteiger partial charge in [0.15, 0.2) is 11.5 Å². The van der Waals surface area contributed by atoms with Gasteiger partial charge >= 0.3 is 0 Å². The van der Waals surface area contributed by atoms with Crippen LogP contribution in [0.4, 0.5) is 5.69 Å². The number of ether oxygens (including phenoxy) is 1. The third-order valence-corrected chi connectivity index (χ3v) is 4.15. The molecule has 0 saturated carbocycles. The van der Waals surface area contributed by atoms with Crippen LogP contribution in [0.25, 0.3) is 11.5 Å². The fourth-order valence-electron chi connectivity index (χ4n) is 2.87. The Hall–Kier alpha value is -3.26. The van der Waals surface area contributed by atoms with Crippen LogP contribution in [0.3, 0.4) is 0 Å². The zero-order chi connectivity index (χ0) is 17.1. The fourth-order valence-corrected chi connectivity index (χ4v) is 2.87. The van der Waals surface area contributed by atoms with Gasteiger partial charge in [0.25, 0.3) is 0 Å². The van der Waals surface area contributed by atoms with Crippen LogP contribution >= 0.6 is 0 Å². The minimum atomic E-state index is 0.837. The summed E-state index contributed by atoms with van der Waals surface area (Å²) in [6.45, 7) is 2.10. The van der Waals surface area contributed by atoms with E-state index in [4.69, 9.17) is 4.74 Å². The SMILES string of the molecule is Cc1cccc(N2C=C(c3ccccc3)OC(c3ccccc3)=C2)c1. The predicted molar refractivity (Wildman–Crippen MR) is 104 cm³/mol. The van der Waals surface area contributed by atoms with Crippen molar-refractivity contribution >= 4 is 17.2 Å². The Labute approximate surface area is 148 Å². The smallest absolute Gasteiger partial charge is 0.151 e. The van der Waals surface area contributed by atoms with Gasteiger partial charge in [-0.25, -0.2) is 0 Å². The van der Waals surface area contributed by atoms with E-state index in [0.717, 1.165) is 28.3 Å². The van der Waals surface area contributed by atoms with Crippen molar-refractivity contribution in [3.8, 4) is 0 Å². The Kier molecular flexibility index (Phi) is 4.09. The van der Waals surface area contributed by atoms with Crippen molar-refractivity contribution in [3.63, 3.8) is 0 Å². The molecule has 0 atom stereocenters. The normalized spacial score (nSPS) is 13.7. The molecule has 0 amide bonds. The Balaban J connectivity index is 1.79. The van der Waals surface area contributed by atoms with Crippen LogP contribution in [0.15, 0.2) is 97.3 Å². The van der Waals surface area contributed by atoms with Gasteiger partial charge in [-0.15, -0.1) is 0 Å². The molecule has 0 saturated heterocycles. The Morgan fingerprint density at radius 1 is 0.640 bits per heavy atom. The summed E-state index contributed by atoms with van der Waals surface area (Å²) >= 11 is 0. The summed E-state index contributed by atoms with van der Waals surface area (Å²) in [4.78, 5) is 2.13. The maximum Gasteiger partial charge on any atom is 0.151 e. The van der Waals surface area contributed by atoms with Crippen LogP contribution in [-0.2, 0) is 4.74 Å². The first-order chi connectivity index (χ1) is 12.3. The molecule has 0 fully saturated rings. The molecule has 1 aliphatic rings. The topological polar surface area (TPSA) is 12.5 Å². The molecule has 3 aromatic carbocycles. The van der Waals surface area contributed by atoms with Crippen LogP contribution in [0.2, 0.25) is 0 Å². The molecule has 2 heteroatoms. The van der Waals surface area contributed by atoms with Gasteiger partial charge in [0, 0.05) is 16.8 Å². The summed E-state index contributed by atoms with van der Waals surface area (Å²) in [5, 5.41) is 0. The number of hydrogen-bond acceptors (Lipinski definition) is 2. The minimum absolute atomic E-state index is 0.837. The average Bonchev–Trinajstić information content (AvgIpc) is 2.69. The zero-order valence-electron chi connectivity index (χ0n) is 14.1. The molecule has 2 nitrogen and oxygen atoms in total. The lowest BCUT2D eigenvalue weighted by Gasteiger charge is -2.26. The summed E-state index contributed by atoms with van der Waals surface area (Å²) in [5.74, 6) is 1.67. The van der Waals surface area contributed by atoms with Crippen LogP contribution in [-0.4, -0.2) is 0 Å². The molecule has 1 heterocycles. The van der Waals surface area contributed by atoms with Crippen molar-refractivity contribution in [2.75, 3.05) is 4.90 Å². The maximum atomic E-state index is 6.22. The van der Waals surface area contributed by atoms with Crippen molar-refractivity contribution in [2.45, 2.75) is 6.92 Å². The lowest BCUT2D eigenvalue weighted by Crippen LogP contribution is -2.15. The number of hydrogen-bond donors (Lipinski definition) is 0. The maximum absolute atomic E-state index is 6.22. The summed E-state index contributed by atoms with van der Waals surface area (Å²) in [7, 11) is 0. The highest BCUT2D eigenvalue weighted by molar-refractivity contribution is 5.77. The van der Waals surface area contributed by atoms with E-state index in [2.05, 4.69) is 60.4 Å². The fraction of sp³-hybridized carbons (Fsp3) is 0.0435. The summed E-state index contributed by atoms with van der Waals surface area (Å²) in [6, 6.07) is 28.8. The van der Waals surface area contributed by atoms with Gasteiger partial charge in [0.2, 0.25) is 0 Å². The average molecular weight is 325 g/mol. The molecule has 0 N–H and O–H groups in total. The van der Waals surface area contributed by atoms with Gasteiger partial charge in [-0.1, -0.05) is 72.8 Å². The van der Waals surface area contributed by atoms with Crippen molar-refractivity contribution < 1.29 is 4.74 Å². The van der Waals surface area contributed by atoms with Crippen molar-refractivity contribution in [1.82, 2.24) is 0 Å². The van der Waals surface area contributed by atoms with Crippen molar-refractivity contribution in [3.05, 3.63) is 114 Å².